The lowest BCUT2D eigenvalue weighted by Crippen LogP contribution is -2.30. The van der Waals surface area contributed by atoms with Gasteiger partial charge in [0.1, 0.15) is 11.7 Å². The molecule has 0 amide bonds. The Hall–Kier alpha value is -1.42. The Kier molecular flexibility index (Phi) is 4.63. The Bertz CT molecular complexity index is 402. The maximum absolute atomic E-state index is 13.8. The average molecular weight is 237 g/mol. The number of nitrogens with two attached hydrogens (primary N) is 1. The molecule has 0 unspecified atom stereocenters. The standard InChI is InChI=1S/C13H20FN3/c1-4-17(9(2)3)8-11-6-5-10(13(15)16)7-12(11)14/h5-7,9H,4,8H2,1-3H3,(H3,15,16). The minimum Gasteiger partial charge on any atom is -0.384 e. The average Bonchev–Trinajstić information content (AvgIpc) is 2.26. The molecule has 0 aliphatic carbocycles. The van der Waals surface area contributed by atoms with Gasteiger partial charge in [0.15, 0.2) is 0 Å². The molecular weight excluding hydrogens is 217 g/mol. The summed E-state index contributed by atoms with van der Waals surface area (Å²) in [5.74, 6) is -0.400. The molecule has 0 heterocycles. The summed E-state index contributed by atoms with van der Waals surface area (Å²) >= 11 is 0. The molecule has 94 valence electrons. The van der Waals surface area contributed by atoms with E-state index in [4.69, 9.17) is 11.1 Å². The number of halogens is 1. The number of hydrogen-bond acceptors (Lipinski definition) is 2. The quantitative estimate of drug-likeness (QED) is 0.610. The third-order valence-corrected chi connectivity index (χ3v) is 2.87. The van der Waals surface area contributed by atoms with E-state index in [1.807, 2.05) is 0 Å². The zero-order valence-corrected chi connectivity index (χ0v) is 10.6. The summed E-state index contributed by atoms with van der Waals surface area (Å²) in [5, 5.41) is 7.25. The summed E-state index contributed by atoms with van der Waals surface area (Å²) in [7, 11) is 0. The van der Waals surface area contributed by atoms with Crippen molar-refractivity contribution >= 4 is 5.84 Å². The molecule has 0 spiro atoms. The van der Waals surface area contributed by atoms with Crippen LogP contribution in [0, 0.1) is 11.2 Å². The second-order valence-corrected chi connectivity index (χ2v) is 4.38. The van der Waals surface area contributed by atoms with Crippen LogP contribution in [-0.4, -0.2) is 23.3 Å². The van der Waals surface area contributed by atoms with Crippen LogP contribution in [0.4, 0.5) is 4.39 Å². The van der Waals surface area contributed by atoms with Gasteiger partial charge in [0.2, 0.25) is 0 Å². The van der Waals surface area contributed by atoms with Crippen LogP contribution in [0.25, 0.3) is 0 Å². The van der Waals surface area contributed by atoms with Crippen LogP contribution < -0.4 is 5.73 Å². The first kappa shape index (κ1) is 13.6. The fourth-order valence-electron chi connectivity index (χ4n) is 1.72. The van der Waals surface area contributed by atoms with Crippen molar-refractivity contribution in [2.75, 3.05) is 6.54 Å². The molecule has 4 heteroatoms. The van der Waals surface area contributed by atoms with Crippen molar-refractivity contribution in [1.82, 2.24) is 4.90 Å². The number of benzene rings is 1. The maximum Gasteiger partial charge on any atom is 0.128 e. The van der Waals surface area contributed by atoms with Crippen LogP contribution in [0.15, 0.2) is 18.2 Å². The lowest BCUT2D eigenvalue weighted by Gasteiger charge is -2.25. The summed E-state index contributed by atoms with van der Waals surface area (Å²) in [6.45, 7) is 7.70. The van der Waals surface area contributed by atoms with Crippen molar-refractivity contribution in [3.8, 4) is 0 Å². The largest absolute Gasteiger partial charge is 0.384 e. The summed E-state index contributed by atoms with van der Waals surface area (Å²) in [4.78, 5) is 2.17. The van der Waals surface area contributed by atoms with E-state index in [1.54, 1.807) is 12.1 Å². The minimum absolute atomic E-state index is 0.105. The van der Waals surface area contributed by atoms with Crippen molar-refractivity contribution in [2.24, 2.45) is 5.73 Å². The van der Waals surface area contributed by atoms with Crippen molar-refractivity contribution in [1.29, 1.82) is 5.41 Å². The third kappa shape index (κ3) is 3.53. The van der Waals surface area contributed by atoms with Gasteiger partial charge in [-0.25, -0.2) is 4.39 Å². The molecule has 3 N–H and O–H groups in total. The van der Waals surface area contributed by atoms with E-state index < -0.39 is 0 Å². The van der Waals surface area contributed by atoms with Gasteiger partial charge >= 0.3 is 0 Å². The number of nitrogens with one attached hydrogen (secondary N) is 1. The lowest BCUT2D eigenvalue weighted by atomic mass is 10.1. The Balaban J connectivity index is 2.89. The number of amidine groups is 1. The highest BCUT2D eigenvalue weighted by Crippen LogP contribution is 2.14. The Morgan fingerprint density at radius 1 is 1.47 bits per heavy atom. The van der Waals surface area contributed by atoms with Gasteiger partial charge in [0.05, 0.1) is 0 Å². The molecule has 0 aliphatic rings. The fourth-order valence-corrected chi connectivity index (χ4v) is 1.72. The monoisotopic (exact) mass is 237 g/mol. The highest BCUT2D eigenvalue weighted by Gasteiger charge is 2.11. The Morgan fingerprint density at radius 2 is 2.12 bits per heavy atom. The zero-order chi connectivity index (χ0) is 13.0. The number of nitrogen functional groups attached to an aromatic ring is 1. The number of hydrogen-bond donors (Lipinski definition) is 2. The highest BCUT2D eigenvalue weighted by atomic mass is 19.1. The second-order valence-electron chi connectivity index (χ2n) is 4.38. The molecule has 0 radical (unpaired) electrons. The maximum atomic E-state index is 13.8. The van der Waals surface area contributed by atoms with E-state index >= 15 is 0 Å². The normalized spacial score (nSPS) is 11.2. The molecule has 3 nitrogen and oxygen atoms in total. The van der Waals surface area contributed by atoms with Crippen molar-refractivity contribution < 1.29 is 4.39 Å². The van der Waals surface area contributed by atoms with Gasteiger partial charge in [0, 0.05) is 23.7 Å². The van der Waals surface area contributed by atoms with E-state index in [1.165, 1.54) is 6.07 Å². The van der Waals surface area contributed by atoms with Crippen molar-refractivity contribution in [3.05, 3.63) is 35.1 Å². The van der Waals surface area contributed by atoms with Crippen LogP contribution in [-0.2, 0) is 6.54 Å². The van der Waals surface area contributed by atoms with E-state index in [-0.39, 0.29) is 11.7 Å². The van der Waals surface area contributed by atoms with Crippen LogP contribution in [0.2, 0.25) is 0 Å². The zero-order valence-electron chi connectivity index (χ0n) is 10.6. The van der Waals surface area contributed by atoms with Gasteiger partial charge in [-0.05, 0) is 26.5 Å². The predicted octanol–water partition coefficient (Wildman–Crippen LogP) is 2.34. The molecule has 0 atom stereocenters. The summed E-state index contributed by atoms with van der Waals surface area (Å²) in [6.07, 6.45) is 0. The van der Waals surface area contributed by atoms with Gasteiger partial charge in [-0.1, -0.05) is 19.1 Å². The molecule has 0 fully saturated rings. The molecule has 0 aromatic heterocycles. The number of nitrogens with zero attached hydrogens (tertiary/aromatic N) is 1. The summed E-state index contributed by atoms with van der Waals surface area (Å²) < 4.78 is 13.8. The van der Waals surface area contributed by atoms with E-state index in [2.05, 4.69) is 25.7 Å². The van der Waals surface area contributed by atoms with E-state index in [9.17, 15) is 4.39 Å². The van der Waals surface area contributed by atoms with Gasteiger partial charge in [-0.3, -0.25) is 10.3 Å². The van der Waals surface area contributed by atoms with Crippen LogP contribution in [0.1, 0.15) is 31.9 Å². The molecular formula is C13H20FN3. The smallest absolute Gasteiger partial charge is 0.128 e. The van der Waals surface area contributed by atoms with Crippen molar-refractivity contribution in [3.63, 3.8) is 0 Å². The third-order valence-electron chi connectivity index (χ3n) is 2.87. The summed E-state index contributed by atoms with van der Waals surface area (Å²) in [5.41, 5.74) is 6.39. The molecule has 0 aliphatic heterocycles. The molecule has 0 bridgehead atoms. The lowest BCUT2D eigenvalue weighted by molar-refractivity contribution is 0.222. The fraction of sp³-hybridized carbons (Fsp3) is 0.462. The van der Waals surface area contributed by atoms with E-state index in [0.717, 1.165) is 6.54 Å². The molecule has 0 saturated carbocycles. The van der Waals surface area contributed by atoms with Crippen LogP contribution in [0.5, 0.6) is 0 Å². The van der Waals surface area contributed by atoms with Gasteiger partial charge < -0.3 is 5.73 Å². The van der Waals surface area contributed by atoms with Gasteiger partial charge in [-0.15, -0.1) is 0 Å². The highest BCUT2D eigenvalue weighted by molar-refractivity contribution is 5.94. The Morgan fingerprint density at radius 3 is 2.53 bits per heavy atom. The molecule has 0 saturated heterocycles. The molecule has 1 aromatic rings. The van der Waals surface area contributed by atoms with Crippen LogP contribution >= 0.6 is 0 Å². The summed E-state index contributed by atoms with van der Waals surface area (Å²) in [6, 6.07) is 5.10. The molecule has 1 rings (SSSR count). The SMILES string of the molecule is CCN(Cc1ccc(C(=N)N)cc1F)C(C)C. The Labute approximate surface area is 102 Å². The molecule has 1 aromatic carbocycles. The van der Waals surface area contributed by atoms with Gasteiger partial charge in [-0.2, -0.15) is 0 Å². The number of rotatable bonds is 5. The van der Waals surface area contributed by atoms with Crippen LogP contribution in [0.3, 0.4) is 0 Å². The topological polar surface area (TPSA) is 53.1 Å². The van der Waals surface area contributed by atoms with E-state index in [0.29, 0.717) is 23.7 Å². The van der Waals surface area contributed by atoms with Crippen molar-refractivity contribution in [2.45, 2.75) is 33.4 Å². The minimum atomic E-state index is -0.295. The second kappa shape index (κ2) is 5.77. The van der Waals surface area contributed by atoms with Gasteiger partial charge in [0.25, 0.3) is 0 Å². The first-order valence-corrected chi connectivity index (χ1v) is 5.82. The molecule has 17 heavy (non-hydrogen) atoms. The first-order valence-electron chi connectivity index (χ1n) is 5.82. The predicted molar refractivity (Wildman–Crippen MR) is 68.6 cm³/mol. The first-order chi connectivity index (χ1) is 7.95.